The maximum atomic E-state index is 12.5. The maximum absolute atomic E-state index is 12.5. The van der Waals surface area contributed by atoms with Gasteiger partial charge in [0.25, 0.3) is 5.91 Å². The molecule has 0 unspecified atom stereocenters. The van der Waals surface area contributed by atoms with Crippen molar-refractivity contribution >= 4 is 29.1 Å². The Labute approximate surface area is 190 Å². The third kappa shape index (κ3) is 6.42. The summed E-state index contributed by atoms with van der Waals surface area (Å²) in [5, 5.41) is 7.06. The molecule has 1 heterocycles. The van der Waals surface area contributed by atoms with Crippen LogP contribution in [0, 0.1) is 0 Å². The van der Waals surface area contributed by atoms with Gasteiger partial charge in [-0.15, -0.1) is 0 Å². The molecule has 0 aliphatic carbocycles. The SMILES string of the molecule is O=C(NCCCNOCc1c(Cl)cccc1Cl)c1ccc(-c2noc(C(F)(F)F)n2)cc1. The minimum atomic E-state index is -4.72. The molecule has 0 fully saturated rings. The molecule has 0 bridgehead atoms. The standard InChI is InChI=1S/C20H17Cl2F3N4O3/c21-15-3-1-4-16(22)14(15)11-31-27-10-2-9-26-18(30)13-7-5-12(6-8-13)17-28-19(32-29-17)20(23,24)25/h1,3-8,27H,2,9-11H2,(H,26,30). The fourth-order valence-electron chi connectivity index (χ4n) is 2.56. The van der Waals surface area contributed by atoms with Crippen molar-refractivity contribution in [3.05, 3.63) is 69.5 Å². The number of nitrogens with zero attached hydrogens (tertiary/aromatic N) is 2. The van der Waals surface area contributed by atoms with Gasteiger partial charge >= 0.3 is 12.1 Å². The molecule has 1 aromatic heterocycles. The number of carbonyl (C=O) groups is 1. The number of benzene rings is 2. The van der Waals surface area contributed by atoms with Crippen molar-refractivity contribution in [1.82, 2.24) is 20.9 Å². The molecule has 12 heteroatoms. The van der Waals surface area contributed by atoms with Gasteiger partial charge < -0.3 is 9.84 Å². The largest absolute Gasteiger partial charge is 0.471 e. The van der Waals surface area contributed by atoms with Gasteiger partial charge in [-0.05, 0) is 30.7 Å². The third-order valence-electron chi connectivity index (χ3n) is 4.20. The van der Waals surface area contributed by atoms with E-state index in [-0.39, 0.29) is 18.3 Å². The smallest absolute Gasteiger partial charge is 0.352 e. The zero-order chi connectivity index (χ0) is 23.1. The summed E-state index contributed by atoms with van der Waals surface area (Å²) in [6, 6.07) is 11.0. The molecule has 0 atom stereocenters. The van der Waals surface area contributed by atoms with Crippen LogP contribution in [0.15, 0.2) is 47.0 Å². The predicted octanol–water partition coefficient (Wildman–Crippen LogP) is 4.90. The fourth-order valence-corrected chi connectivity index (χ4v) is 3.06. The number of aromatic nitrogens is 2. The van der Waals surface area contributed by atoms with Gasteiger partial charge in [-0.1, -0.05) is 46.6 Å². The van der Waals surface area contributed by atoms with E-state index < -0.39 is 12.1 Å². The predicted molar refractivity (Wildman–Crippen MR) is 111 cm³/mol. The Balaban J connectivity index is 1.38. The Kier molecular flexibility index (Phi) is 8.08. The molecule has 3 rings (SSSR count). The fraction of sp³-hybridized carbons (Fsp3) is 0.250. The summed E-state index contributed by atoms with van der Waals surface area (Å²) in [7, 11) is 0. The number of hydrogen-bond acceptors (Lipinski definition) is 6. The number of hydrogen-bond donors (Lipinski definition) is 2. The van der Waals surface area contributed by atoms with E-state index in [1.807, 2.05) is 0 Å². The highest BCUT2D eigenvalue weighted by Gasteiger charge is 2.38. The van der Waals surface area contributed by atoms with Crippen LogP contribution < -0.4 is 10.8 Å². The van der Waals surface area contributed by atoms with Crippen molar-refractivity contribution in [2.24, 2.45) is 0 Å². The van der Waals surface area contributed by atoms with E-state index >= 15 is 0 Å². The number of hydroxylamine groups is 1. The van der Waals surface area contributed by atoms with Gasteiger partial charge in [0.05, 0.1) is 6.61 Å². The van der Waals surface area contributed by atoms with Crippen LogP contribution in [-0.4, -0.2) is 29.1 Å². The summed E-state index contributed by atoms with van der Waals surface area (Å²) in [6.07, 6.45) is -4.13. The molecule has 3 aromatic rings. The number of alkyl halides is 3. The molecule has 2 aromatic carbocycles. The quantitative estimate of drug-likeness (QED) is 0.328. The number of carbonyl (C=O) groups excluding carboxylic acids is 1. The third-order valence-corrected chi connectivity index (χ3v) is 4.90. The van der Waals surface area contributed by atoms with Crippen LogP contribution in [0.4, 0.5) is 13.2 Å². The van der Waals surface area contributed by atoms with Crippen molar-refractivity contribution in [1.29, 1.82) is 0 Å². The average Bonchev–Trinajstić information content (AvgIpc) is 3.26. The van der Waals surface area contributed by atoms with Gasteiger partial charge in [0.1, 0.15) is 0 Å². The second-order valence-corrected chi connectivity index (χ2v) is 7.31. The van der Waals surface area contributed by atoms with E-state index in [9.17, 15) is 18.0 Å². The van der Waals surface area contributed by atoms with Gasteiger partial charge in [-0.3, -0.25) is 9.63 Å². The topological polar surface area (TPSA) is 89.3 Å². The number of amides is 1. The van der Waals surface area contributed by atoms with Crippen LogP contribution >= 0.6 is 23.2 Å². The van der Waals surface area contributed by atoms with Crippen LogP contribution in [0.1, 0.15) is 28.2 Å². The molecule has 0 saturated carbocycles. The maximum Gasteiger partial charge on any atom is 0.471 e. The lowest BCUT2D eigenvalue weighted by atomic mass is 10.1. The lowest BCUT2D eigenvalue weighted by Crippen LogP contribution is -2.27. The normalized spacial score (nSPS) is 11.5. The van der Waals surface area contributed by atoms with E-state index in [2.05, 4.69) is 25.5 Å². The first-order chi connectivity index (χ1) is 15.3. The first-order valence-electron chi connectivity index (χ1n) is 9.33. The first-order valence-corrected chi connectivity index (χ1v) is 10.1. The second-order valence-electron chi connectivity index (χ2n) is 6.49. The summed E-state index contributed by atoms with van der Waals surface area (Å²) < 4.78 is 41.8. The first kappa shape index (κ1) is 24.0. The van der Waals surface area contributed by atoms with E-state index in [0.717, 1.165) is 0 Å². The van der Waals surface area contributed by atoms with Crippen molar-refractivity contribution in [2.75, 3.05) is 13.1 Å². The van der Waals surface area contributed by atoms with Crippen molar-refractivity contribution in [3.8, 4) is 11.4 Å². The zero-order valence-corrected chi connectivity index (χ0v) is 17.9. The molecule has 7 nitrogen and oxygen atoms in total. The van der Waals surface area contributed by atoms with Gasteiger partial charge in [-0.2, -0.15) is 18.2 Å². The molecular weight excluding hydrogens is 472 g/mol. The summed E-state index contributed by atoms with van der Waals surface area (Å²) in [5.41, 5.74) is 4.08. The molecule has 0 radical (unpaired) electrons. The Hall–Kier alpha value is -2.66. The molecule has 2 N–H and O–H groups in total. The molecule has 0 saturated heterocycles. The number of rotatable bonds is 9. The zero-order valence-electron chi connectivity index (χ0n) is 16.4. The Bertz CT molecular complexity index is 1040. The molecule has 0 aliphatic rings. The summed E-state index contributed by atoms with van der Waals surface area (Å²) >= 11 is 12.1. The highest BCUT2D eigenvalue weighted by molar-refractivity contribution is 6.35. The Morgan fingerprint density at radius 2 is 1.75 bits per heavy atom. The highest BCUT2D eigenvalue weighted by Crippen LogP contribution is 2.29. The van der Waals surface area contributed by atoms with Crippen LogP contribution in [0.25, 0.3) is 11.4 Å². The second kappa shape index (κ2) is 10.8. The average molecular weight is 489 g/mol. The van der Waals surface area contributed by atoms with Crippen molar-refractivity contribution in [2.45, 2.75) is 19.2 Å². The highest BCUT2D eigenvalue weighted by atomic mass is 35.5. The van der Waals surface area contributed by atoms with Gasteiger partial charge in [0.2, 0.25) is 5.82 Å². The molecule has 32 heavy (non-hydrogen) atoms. The minimum Gasteiger partial charge on any atom is -0.352 e. The van der Waals surface area contributed by atoms with Crippen LogP contribution in [0.3, 0.4) is 0 Å². The van der Waals surface area contributed by atoms with E-state index in [1.54, 1.807) is 18.2 Å². The van der Waals surface area contributed by atoms with Gasteiger partial charge in [-0.25, -0.2) is 5.48 Å². The molecule has 170 valence electrons. The molecule has 0 aliphatic heterocycles. The van der Waals surface area contributed by atoms with Crippen LogP contribution in [0.5, 0.6) is 0 Å². The van der Waals surface area contributed by atoms with E-state index in [4.69, 9.17) is 28.0 Å². The Morgan fingerprint density at radius 1 is 1.06 bits per heavy atom. The van der Waals surface area contributed by atoms with Crippen LogP contribution in [-0.2, 0) is 17.6 Å². The molecule has 1 amide bonds. The van der Waals surface area contributed by atoms with E-state index in [0.29, 0.717) is 46.2 Å². The minimum absolute atomic E-state index is 0.196. The number of halogens is 5. The lowest BCUT2D eigenvalue weighted by molar-refractivity contribution is -0.159. The van der Waals surface area contributed by atoms with Gasteiger partial charge in [0.15, 0.2) is 0 Å². The van der Waals surface area contributed by atoms with E-state index in [1.165, 1.54) is 24.3 Å². The van der Waals surface area contributed by atoms with Crippen molar-refractivity contribution in [3.63, 3.8) is 0 Å². The molecule has 0 spiro atoms. The lowest BCUT2D eigenvalue weighted by Gasteiger charge is -2.09. The summed E-state index contributed by atoms with van der Waals surface area (Å²) in [5.74, 6) is -1.97. The number of nitrogens with one attached hydrogen (secondary N) is 2. The Morgan fingerprint density at radius 3 is 2.38 bits per heavy atom. The molecular formula is C20H17Cl2F3N4O3. The summed E-state index contributed by atoms with van der Waals surface area (Å²) in [6.45, 7) is 1.05. The monoisotopic (exact) mass is 488 g/mol. The van der Waals surface area contributed by atoms with Crippen LogP contribution in [0.2, 0.25) is 10.0 Å². The van der Waals surface area contributed by atoms with Gasteiger partial charge in [0, 0.05) is 39.8 Å². The summed E-state index contributed by atoms with van der Waals surface area (Å²) in [4.78, 5) is 20.8. The van der Waals surface area contributed by atoms with Crippen molar-refractivity contribution < 1.29 is 27.3 Å².